The van der Waals surface area contributed by atoms with Gasteiger partial charge in [0.1, 0.15) is 5.75 Å². The fraction of sp³-hybridized carbons (Fsp3) is 0.200. The van der Waals surface area contributed by atoms with Crippen molar-refractivity contribution in [3.05, 3.63) is 107 Å². The lowest BCUT2D eigenvalue weighted by Gasteiger charge is -2.19. The minimum Gasteiger partial charge on any atom is -0.480 e. The molecule has 0 unspecified atom stereocenters. The summed E-state index contributed by atoms with van der Waals surface area (Å²) in [4.78, 5) is 0. The van der Waals surface area contributed by atoms with Gasteiger partial charge >= 0.3 is 6.11 Å². The van der Waals surface area contributed by atoms with Gasteiger partial charge < -0.3 is 9.47 Å². The lowest BCUT2D eigenvalue weighted by Crippen LogP contribution is -2.32. The summed E-state index contributed by atoms with van der Waals surface area (Å²) in [7, 11) is 0. The van der Waals surface area contributed by atoms with Crippen LogP contribution >= 0.6 is 0 Å². The summed E-state index contributed by atoms with van der Waals surface area (Å²) < 4.78 is 95.5. The van der Waals surface area contributed by atoms with E-state index in [2.05, 4.69) is 6.92 Å². The van der Waals surface area contributed by atoms with Crippen molar-refractivity contribution in [3.8, 4) is 33.8 Å². The third-order valence-corrected chi connectivity index (χ3v) is 5.96. The predicted molar refractivity (Wildman–Crippen MR) is 133 cm³/mol. The highest BCUT2D eigenvalue weighted by Crippen LogP contribution is 2.34. The maximum Gasteiger partial charge on any atom is 0.432 e. The molecule has 0 spiro atoms. The van der Waals surface area contributed by atoms with E-state index in [0.717, 1.165) is 42.2 Å². The molecule has 0 aliphatic heterocycles. The largest absolute Gasteiger partial charge is 0.480 e. The Morgan fingerprint density at radius 3 is 1.82 bits per heavy atom. The van der Waals surface area contributed by atoms with Gasteiger partial charge in [0.25, 0.3) is 0 Å². The van der Waals surface area contributed by atoms with Crippen LogP contribution in [-0.2, 0) is 6.42 Å². The third kappa shape index (κ3) is 5.96. The highest BCUT2D eigenvalue weighted by molar-refractivity contribution is 5.67. The second kappa shape index (κ2) is 11.2. The SMILES string of the molecule is CCCc1ccc(-c2ccc(OC(F)(F)COc3ccc(-c4ccc(C)c(F)c4F)c(F)c3F)cc2)cc1. The minimum atomic E-state index is -3.88. The van der Waals surface area contributed by atoms with E-state index in [1.54, 1.807) is 12.1 Å². The molecule has 0 amide bonds. The Bertz CT molecular complexity index is 1420. The molecule has 0 fully saturated rings. The zero-order chi connectivity index (χ0) is 27.4. The summed E-state index contributed by atoms with van der Waals surface area (Å²) in [5, 5.41) is 0. The first-order chi connectivity index (χ1) is 18.1. The van der Waals surface area contributed by atoms with Crippen LogP contribution in [0.25, 0.3) is 22.3 Å². The number of rotatable bonds is 9. The number of aryl methyl sites for hydroxylation is 2. The number of ether oxygens (including phenoxy) is 2. The maximum absolute atomic E-state index is 14.6. The van der Waals surface area contributed by atoms with E-state index < -0.39 is 52.9 Å². The maximum atomic E-state index is 14.6. The molecule has 0 aliphatic rings. The van der Waals surface area contributed by atoms with E-state index in [1.807, 2.05) is 24.3 Å². The van der Waals surface area contributed by atoms with Crippen LogP contribution in [0.4, 0.5) is 26.3 Å². The molecule has 38 heavy (non-hydrogen) atoms. The molecule has 0 bridgehead atoms. The Morgan fingerprint density at radius 1 is 0.658 bits per heavy atom. The number of benzene rings is 4. The number of alkyl halides is 2. The molecule has 0 saturated carbocycles. The van der Waals surface area contributed by atoms with E-state index in [1.165, 1.54) is 30.7 Å². The standard InChI is InChI=1S/C30H24F6O2/c1-3-4-19-6-8-20(9-7-19)21-10-12-22(13-11-21)38-30(35,36)17-37-25-16-15-24(28(33)29(25)34)23-14-5-18(2)26(31)27(23)32/h5-16H,3-4,17H2,1-2H3. The van der Waals surface area contributed by atoms with Crippen LogP contribution in [0.1, 0.15) is 24.5 Å². The van der Waals surface area contributed by atoms with Crippen LogP contribution in [0.3, 0.4) is 0 Å². The summed E-state index contributed by atoms with van der Waals surface area (Å²) in [6, 6.07) is 18.0. The number of hydrogen-bond donors (Lipinski definition) is 0. The summed E-state index contributed by atoms with van der Waals surface area (Å²) in [5.74, 6) is -6.71. The summed E-state index contributed by atoms with van der Waals surface area (Å²) in [6.45, 7) is 1.99. The number of hydrogen-bond acceptors (Lipinski definition) is 2. The summed E-state index contributed by atoms with van der Waals surface area (Å²) in [6.07, 6.45) is -1.88. The average Bonchev–Trinajstić information content (AvgIpc) is 2.90. The smallest absolute Gasteiger partial charge is 0.432 e. The molecule has 0 atom stereocenters. The van der Waals surface area contributed by atoms with Gasteiger partial charge in [-0.25, -0.2) is 13.2 Å². The van der Waals surface area contributed by atoms with Gasteiger partial charge in [-0.3, -0.25) is 0 Å². The Balaban J connectivity index is 1.42. The third-order valence-electron chi connectivity index (χ3n) is 5.96. The quantitative estimate of drug-likeness (QED) is 0.201. The van der Waals surface area contributed by atoms with Crippen LogP contribution in [0.15, 0.2) is 72.8 Å². The lowest BCUT2D eigenvalue weighted by atomic mass is 10.0. The first-order valence-corrected chi connectivity index (χ1v) is 11.9. The van der Waals surface area contributed by atoms with E-state index in [9.17, 15) is 26.3 Å². The van der Waals surface area contributed by atoms with Gasteiger partial charge in [0.05, 0.1) is 0 Å². The van der Waals surface area contributed by atoms with Crippen molar-refractivity contribution >= 4 is 0 Å². The normalized spacial score (nSPS) is 11.5. The van der Waals surface area contributed by atoms with Gasteiger partial charge in [0, 0.05) is 11.1 Å². The molecule has 8 heteroatoms. The predicted octanol–water partition coefficient (Wildman–Crippen LogP) is 8.89. The topological polar surface area (TPSA) is 18.5 Å². The van der Waals surface area contributed by atoms with Gasteiger partial charge in [-0.05, 0) is 59.9 Å². The molecule has 0 radical (unpaired) electrons. The van der Waals surface area contributed by atoms with Crippen LogP contribution < -0.4 is 9.47 Å². The van der Waals surface area contributed by atoms with Crippen LogP contribution in [-0.4, -0.2) is 12.7 Å². The first kappa shape index (κ1) is 27.1. The first-order valence-electron chi connectivity index (χ1n) is 11.9. The Morgan fingerprint density at radius 2 is 1.21 bits per heavy atom. The van der Waals surface area contributed by atoms with E-state index >= 15 is 0 Å². The summed E-state index contributed by atoms with van der Waals surface area (Å²) in [5.41, 5.74) is 1.84. The second-order valence-electron chi connectivity index (χ2n) is 8.80. The van der Waals surface area contributed by atoms with Crippen molar-refractivity contribution in [2.24, 2.45) is 0 Å². The minimum absolute atomic E-state index is 0.00924. The molecule has 4 rings (SSSR count). The van der Waals surface area contributed by atoms with E-state index in [4.69, 9.17) is 9.47 Å². The number of halogens is 6. The van der Waals surface area contributed by atoms with Gasteiger partial charge in [0.15, 0.2) is 29.8 Å². The fourth-order valence-corrected chi connectivity index (χ4v) is 3.94. The van der Waals surface area contributed by atoms with Crippen molar-refractivity contribution < 1.29 is 35.8 Å². The molecule has 0 N–H and O–H groups in total. The Labute approximate surface area is 216 Å². The van der Waals surface area contributed by atoms with Crippen molar-refractivity contribution in [1.82, 2.24) is 0 Å². The molecule has 4 aromatic rings. The highest BCUT2D eigenvalue weighted by Gasteiger charge is 2.34. The van der Waals surface area contributed by atoms with E-state index in [0.29, 0.717) is 0 Å². The van der Waals surface area contributed by atoms with Crippen molar-refractivity contribution in [3.63, 3.8) is 0 Å². The Kier molecular flexibility index (Phi) is 7.99. The molecule has 0 aliphatic carbocycles. The molecule has 0 aromatic heterocycles. The molecule has 0 heterocycles. The van der Waals surface area contributed by atoms with Crippen LogP contribution in [0.2, 0.25) is 0 Å². The van der Waals surface area contributed by atoms with Gasteiger partial charge in [-0.1, -0.05) is 61.9 Å². The molecular formula is C30H24F6O2. The zero-order valence-corrected chi connectivity index (χ0v) is 20.6. The molecule has 4 aromatic carbocycles. The average molecular weight is 531 g/mol. The Hall–Kier alpha value is -3.94. The molecule has 198 valence electrons. The van der Waals surface area contributed by atoms with Gasteiger partial charge in [-0.2, -0.15) is 13.2 Å². The fourth-order valence-electron chi connectivity index (χ4n) is 3.94. The van der Waals surface area contributed by atoms with E-state index in [-0.39, 0.29) is 11.3 Å². The van der Waals surface area contributed by atoms with Crippen molar-refractivity contribution in [2.75, 3.05) is 6.61 Å². The lowest BCUT2D eigenvalue weighted by molar-refractivity contribution is -0.195. The second-order valence-corrected chi connectivity index (χ2v) is 8.80. The molecule has 2 nitrogen and oxygen atoms in total. The van der Waals surface area contributed by atoms with Crippen molar-refractivity contribution in [2.45, 2.75) is 32.8 Å². The van der Waals surface area contributed by atoms with Crippen LogP contribution in [0, 0.1) is 30.2 Å². The van der Waals surface area contributed by atoms with Crippen LogP contribution in [0.5, 0.6) is 11.5 Å². The summed E-state index contributed by atoms with van der Waals surface area (Å²) >= 11 is 0. The monoisotopic (exact) mass is 530 g/mol. The van der Waals surface area contributed by atoms with Gasteiger partial charge in [0.2, 0.25) is 5.82 Å². The highest BCUT2D eigenvalue weighted by atomic mass is 19.3. The zero-order valence-electron chi connectivity index (χ0n) is 20.6. The van der Waals surface area contributed by atoms with Crippen molar-refractivity contribution in [1.29, 1.82) is 0 Å². The molecular weight excluding hydrogens is 506 g/mol. The van der Waals surface area contributed by atoms with Gasteiger partial charge in [-0.15, -0.1) is 0 Å². The molecule has 0 saturated heterocycles.